The molecule has 0 N–H and O–H groups in total. The summed E-state index contributed by atoms with van der Waals surface area (Å²) in [6, 6.07) is 5.93. The van der Waals surface area contributed by atoms with E-state index in [0.29, 0.717) is 12.3 Å². The molecular formula is C23H31N5O2S. The summed E-state index contributed by atoms with van der Waals surface area (Å²) in [5, 5.41) is 0.933. The lowest BCUT2D eigenvalue weighted by Crippen LogP contribution is -2.49. The van der Waals surface area contributed by atoms with Crippen molar-refractivity contribution in [2.45, 2.75) is 39.5 Å². The van der Waals surface area contributed by atoms with Crippen molar-refractivity contribution in [2.24, 2.45) is 5.92 Å². The largest absolute Gasteiger partial charge is 0.353 e. The molecule has 31 heavy (non-hydrogen) atoms. The van der Waals surface area contributed by atoms with Crippen LogP contribution in [0.25, 0.3) is 0 Å². The second-order valence-electron chi connectivity index (χ2n) is 8.50. The number of carbonyl (C=O) groups is 2. The molecule has 2 saturated heterocycles. The van der Waals surface area contributed by atoms with E-state index in [0.717, 1.165) is 79.9 Å². The number of anilines is 1. The smallest absolute Gasteiger partial charge is 0.265 e. The van der Waals surface area contributed by atoms with Gasteiger partial charge in [0.1, 0.15) is 10.7 Å². The number of hydrogen-bond donors (Lipinski definition) is 0. The number of hydrogen-bond acceptors (Lipinski definition) is 6. The van der Waals surface area contributed by atoms with E-state index in [9.17, 15) is 9.59 Å². The number of pyridine rings is 1. The number of rotatable bonds is 5. The normalized spacial score (nSPS) is 19.5. The first-order chi connectivity index (χ1) is 15.0. The van der Waals surface area contributed by atoms with Gasteiger partial charge in [-0.05, 0) is 51.2 Å². The number of piperazine rings is 1. The highest BCUT2D eigenvalue weighted by Crippen LogP contribution is 2.26. The lowest BCUT2D eigenvalue weighted by Gasteiger charge is -2.36. The van der Waals surface area contributed by atoms with E-state index in [2.05, 4.69) is 14.9 Å². The number of likely N-dealkylation sites (tertiary alicyclic amines) is 1. The fourth-order valence-electron chi connectivity index (χ4n) is 4.57. The van der Waals surface area contributed by atoms with Gasteiger partial charge in [-0.1, -0.05) is 6.07 Å². The fourth-order valence-corrected chi connectivity index (χ4v) is 5.46. The monoisotopic (exact) mass is 441 g/mol. The Kier molecular flexibility index (Phi) is 6.85. The van der Waals surface area contributed by atoms with Crippen LogP contribution in [0.2, 0.25) is 0 Å². The molecule has 0 spiro atoms. The molecule has 4 heterocycles. The Hall–Kier alpha value is -2.48. The molecule has 2 amide bonds. The Labute approximate surface area is 188 Å². The third kappa shape index (κ3) is 5.23. The molecule has 8 heteroatoms. The lowest BCUT2D eigenvalue weighted by atomic mass is 9.93. The van der Waals surface area contributed by atoms with Crippen molar-refractivity contribution in [1.29, 1.82) is 0 Å². The number of carbonyl (C=O) groups excluding carboxylic acids is 2. The van der Waals surface area contributed by atoms with Gasteiger partial charge in [0.2, 0.25) is 5.91 Å². The molecular weight excluding hydrogens is 410 g/mol. The summed E-state index contributed by atoms with van der Waals surface area (Å²) < 4.78 is 0. The zero-order valence-corrected chi connectivity index (χ0v) is 19.2. The molecule has 4 rings (SSSR count). The summed E-state index contributed by atoms with van der Waals surface area (Å²) >= 11 is 1.48. The Morgan fingerprint density at radius 3 is 2.58 bits per heavy atom. The fraction of sp³-hybridized carbons (Fsp3) is 0.565. The maximum atomic E-state index is 12.9. The van der Waals surface area contributed by atoms with Gasteiger partial charge in [-0.3, -0.25) is 9.59 Å². The molecule has 0 radical (unpaired) electrons. The minimum absolute atomic E-state index is 0.102. The molecule has 0 saturated carbocycles. The van der Waals surface area contributed by atoms with Gasteiger partial charge in [-0.15, -0.1) is 11.3 Å². The van der Waals surface area contributed by atoms with Crippen molar-refractivity contribution in [3.05, 3.63) is 40.0 Å². The first kappa shape index (κ1) is 21.7. The molecule has 0 aromatic carbocycles. The number of thiazole rings is 1. The highest BCUT2D eigenvalue weighted by Gasteiger charge is 2.28. The molecule has 2 fully saturated rings. The van der Waals surface area contributed by atoms with Crippen LogP contribution < -0.4 is 4.90 Å². The Morgan fingerprint density at radius 2 is 1.90 bits per heavy atom. The molecule has 2 aliphatic heterocycles. The predicted octanol–water partition coefficient (Wildman–Crippen LogP) is 3.14. The second kappa shape index (κ2) is 9.77. The summed E-state index contributed by atoms with van der Waals surface area (Å²) in [5.74, 6) is 1.71. The van der Waals surface area contributed by atoms with Gasteiger partial charge in [-0.2, -0.15) is 0 Å². The molecule has 0 aliphatic carbocycles. The van der Waals surface area contributed by atoms with Gasteiger partial charge in [0, 0.05) is 51.9 Å². The quantitative estimate of drug-likeness (QED) is 0.713. The molecule has 2 aromatic heterocycles. The predicted molar refractivity (Wildman–Crippen MR) is 122 cm³/mol. The highest BCUT2D eigenvalue weighted by atomic mass is 32.1. The van der Waals surface area contributed by atoms with Crippen LogP contribution in [0.15, 0.2) is 24.4 Å². The summed E-state index contributed by atoms with van der Waals surface area (Å²) in [6.45, 7) is 8.53. The van der Waals surface area contributed by atoms with E-state index >= 15 is 0 Å². The molecule has 2 aromatic rings. The van der Waals surface area contributed by atoms with Crippen molar-refractivity contribution in [2.75, 3.05) is 44.2 Å². The van der Waals surface area contributed by atoms with Crippen molar-refractivity contribution in [1.82, 2.24) is 19.8 Å². The summed E-state index contributed by atoms with van der Waals surface area (Å²) in [5.41, 5.74) is 0.828. The highest BCUT2D eigenvalue weighted by molar-refractivity contribution is 7.13. The molecule has 0 bridgehead atoms. The number of nitrogens with zero attached hydrogens (tertiary/aromatic N) is 5. The van der Waals surface area contributed by atoms with Crippen LogP contribution in [-0.4, -0.2) is 70.9 Å². The third-order valence-electron chi connectivity index (χ3n) is 6.28. The zero-order valence-electron chi connectivity index (χ0n) is 18.4. The van der Waals surface area contributed by atoms with Gasteiger partial charge in [0.25, 0.3) is 5.91 Å². The maximum absolute atomic E-state index is 12.9. The average Bonchev–Trinajstić information content (AvgIpc) is 3.15. The van der Waals surface area contributed by atoms with E-state index < -0.39 is 0 Å². The molecule has 1 atom stereocenters. The van der Waals surface area contributed by atoms with Crippen LogP contribution in [0.3, 0.4) is 0 Å². The summed E-state index contributed by atoms with van der Waals surface area (Å²) in [7, 11) is 0. The Bertz CT molecular complexity index is 908. The SMILES string of the molecule is Cc1nc(C)c(C(=O)N2CCCC(CCC(=O)N3CCN(c4ccccn4)CC3)C2)s1. The van der Waals surface area contributed by atoms with Crippen molar-refractivity contribution in [3.63, 3.8) is 0 Å². The van der Waals surface area contributed by atoms with Crippen LogP contribution in [0, 0.1) is 19.8 Å². The van der Waals surface area contributed by atoms with Crippen LogP contribution >= 0.6 is 11.3 Å². The molecule has 2 aliphatic rings. The Morgan fingerprint density at radius 1 is 1.10 bits per heavy atom. The topological polar surface area (TPSA) is 69.6 Å². The van der Waals surface area contributed by atoms with E-state index in [1.165, 1.54) is 11.3 Å². The molecule has 7 nitrogen and oxygen atoms in total. The van der Waals surface area contributed by atoms with E-state index in [-0.39, 0.29) is 11.8 Å². The number of aromatic nitrogens is 2. The first-order valence-corrected chi connectivity index (χ1v) is 12.0. The van der Waals surface area contributed by atoms with E-state index in [1.807, 2.05) is 48.0 Å². The maximum Gasteiger partial charge on any atom is 0.265 e. The lowest BCUT2D eigenvalue weighted by molar-refractivity contribution is -0.131. The van der Waals surface area contributed by atoms with Crippen LogP contribution in [0.4, 0.5) is 5.82 Å². The third-order valence-corrected chi connectivity index (χ3v) is 7.34. The van der Waals surface area contributed by atoms with Crippen molar-refractivity contribution < 1.29 is 9.59 Å². The minimum atomic E-state index is 0.102. The minimum Gasteiger partial charge on any atom is -0.353 e. The van der Waals surface area contributed by atoms with Gasteiger partial charge in [0.05, 0.1) is 10.7 Å². The van der Waals surface area contributed by atoms with Crippen molar-refractivity contribution in [3.8, 4) is 0 Å². The van der Waals surface area contributed by atoms with Crippen LogP contribution in [-0.2, 0) is 4.79 Å². The summed E-state index contributed by atoms with van der Waals surface area (Å²) in [6.07, 6.45) is 5.32. The van der Waals surface area contributed by atoms with Gasteiger partial charge < -0.3 is 14.7 Å². The molecule has 166 valence electrons. The van der Waals surface area contributed by atoms with Crippen molar-refractivity contribution >= 4 is 29.0 Å². The molecule has 1 unspecified atom stereocenters. The number of amides is 2. The Balaban J connectivity index is 1.24. The van der Waals surface area contributed by atoms with Crippen LogP contribution in [0.1, 0.15) is 46.1 Å². The van der Waals surface area contributed by atoms with Gasteiger partial charge in [0.15, 0.2) is 0 Å². The zero-order chi connectivity index (χ0) is 21.8. The van der Waals surface area contributed by atoms with E-state index in [4.69, 9.17) is 0 Å². The van der Waals surface area contributed by atoms with Gasteiger partial charge >= 0.3 is 0 Å². The number of aryl methyl sites for hydroxylation is 2. The standard InChI is InChI=1S/C23H31N5O2S/c1-17-22(31-18(2)25-17)23(30)28-11-5-6-19(16-28)8-9-21(29)27-14-12-26(13-15-27)20-7-3-4-10-24-20/h3-4,7,10,19H,5-6,8-9,11-16H2,1-2H3. The average molecular weight is 442 g/mol. The summed E-state index contributed by atoms with van der Waals surface area (Å²) in [4.78, 5) is 41.4. The van der Waals surface area contributed by atoms with E-state index in [1.54, 1.807) is 0 Å². The second-order valence-corrected chi connectivity index (χ2v) is 9.70. The first-order valence-electron chi connectivity index (χ1n) is 11.2. The van der Waals surface area contributed by atoms with Gasteiger partial charge in [-0.25, -0.2) is 9.97 Å². The van der Waals surface area contributed by atoms with Crippen LogP contribution in [0.5, 0.6) is 0 Å². The number of piperidine rings is 1.